The van der Waals surface area contributed by atoms with Crippen molar-refractivity contribution in [2.45, 2.75) is 26.7 Å². The molecule has 0 bridgehead atoms. The lowest BCUT2D eigenvalue weighted by Gasteiger charge is -2.14. The molecular formula is C20H20. The van der Waals surface area contributed by atoms with Gasteiger partial charge >= 0.3 is 0 Å². The van der Waals surface area contributed by atoms with E-state index in [2.05, 4.69) is 74.5 Å². The Morgan fingerprint density at radius 3 is 2.25 bits per heavy atom. The third-order valence-corrected chi connectivity index (χ3v) is 3.96. The zero-order chi connectivity index (χ0) is 13.9. The summed E-state index contributed by atoms with van der Waals surface area (Å²) >= 11 is 0. The van der Waals surface area contributed by atoms with E-state index in [0.717, 1.165) is 0 Å². The lowest BCUT2D eigenvalue weighted by atomic mass is 9.91. The highest BCUT2D eigenvalue weighted by Gasteiger charge is 2.07. The summed E-state index contributed by atoms with van der Waals surface area (Å²) in [6, 6.07) is 17.6. The number of hydrogen-bond acceptors (Lipinski definition) is 0. The van der Waals surface area contributed by atoms with Gasteiger partial charge in [-0.3, -0.25) is 0 Å². The Kier molecular flexibility index (Phi) is 3.56. The van der Waals surface area contributed by atoms with E-state index in [9.17, 15) is 0 Å². The zero-order valence-electron chi connectivity index (χ0n) is 12.2. The van der Waals surface area contributed by atoms with Crippen LogP contribution in [0.2, 0.25) is 0 Å². The first-order chi connectivity index (χ1) is 9.74. The molecule has 1 aliphatic carbocycles. The zero-order valence-corrected chi connectivity index (χ0v) is 12.2. The van der Waals surface area contributed by atoms with E-state index < -0.39 is 0 Å². The first-order valence-corrected chi connectivity index (χ1v) is 7.28. The molecule has 0 spiro atoms. The van der Waals surface area contributed by atoms with Crippen LogP contribution in [0, 0.1) is 6.92 Å². The molecule has 3 rings (SSSR count). The second-order valence-electron chi connectivity index (χ2n) is 5.59. The van der Waals surface area contributed by atoms with E-state index in [0.29, 0.717) is 0 Å². The molecule has 0 aromatic heterocycles. The van der Waals surface area contributed by atoms with Gasteiger partial charge in [-0.2, -0.15) is 0 Å². The standard InChI is InChI=1S/C20H20/c1-15-7-5-9-17(13-15)18-10-6-11-19(14-18)20-12-4-3-8-16(20)2/h4-7,9-14H,3,8H2,1-2H3. The molecule has 0 amide bonds. The summed E-state index contributed by atoms with van der Waals surface area (Å²) in [5.41, 5.74) is 8.12. The second kappa shape index (κ2) is 5.50. The van der Waals surface area contributed by atoms with Crippen LogP contribution in [-0.4, -0.2) is 0 Å². The van der Waals surface area contributed by atoms with Crippen LogP contribution in [0.5, 0.6) is 0 Å². The maximum absolute atomic E-state index is 2.31. The second-order valence-corrected chi connectivity index (χ2v) is 5.59. The van der Waals surface area contributed by atoms with E-state index in [1.54, 1.807) is 0 Å². The van der Waals surface area contributed by atoms with Gasteiger partial charge in [0.2, 0.25) is 0 Å². The molecule has 0 N–H and O–H groups in total. The van der Waals surface area contributed by atoms with Gasteiger partial charge in [-0.25, -0.2) is 0 Å². The van der Waals surface area contributed by atoms with Gasteiger partial charge in [0.25, 0.3) is 0 Å². The minimum Gasteiger partial charge on any atom is -0.0836 e. The van der Waals surface area contributed by atoms with Gasteiger partial charge in [0.1, 0.15) is 0 Å². The molecule has 0 nitrogen and oxygen atoms in total. The van der Waals surface area contributed by atoms with E-state index >= 15 is 0 Å². The summed E-state index contributed by atoms with van der Waals surface area (Å²) in [6.07, 6.45) is 6.91. The fraction of sp³-hybridized carbons (Fsp3) is 0.200. The highest BCUT2D eigenvalue weighted by molar-refractivity contribution is 5.80. The number of aryl methyl sites for hydroxylation is 1. The molecule has 0 radical (unpaired) electrons. The van der Waals surface area contributed by atoms with E-state index in [1.165, 1.54) is 46.2 Å². The molecule has 0 unspecified atom stereocenters. The van der Waals surface area contributed by atoms with E-state index in [4.69, 9.17) is 0 Å². The quantitative estimate of drug-likeness (QED) is 0.641. The van der Waals surface area contributed by atoms with Gasteiger partial charge in [-0.1, -0.05) is 65.8 Å². The Morgan fingerprint density at radius 2 is 1.50 bits per heavy atom. The molecule has 2 aromatic rings. The van der Waals surface area contributed by atoms with Crippen molar-refractivity contribution in [3.63, 3.8) is 0 Å². The van der Waals surface area contributed by atoms with Crippen LogP contribution < -0.4 is 0 Å². The molecule has 0 saturated heterocycles. The minimum absolute atomic E-state index is 1.17. The smallest absolute Gasteiger partial charge is 0.0178 e. The van der Waals surface area contributed by atoms with Crippen molar-refractivity contribution in [3.8, 4) is 11.1 Å². The predicted molar refractivity (Wildman–Crippen MR) is 87.6 cm³/mol. The van der Waals surface area contributed by atoms with Crippen molar-refractivity contribution >= 4 is 5.57 Å². The Hall–Kier alpha value is -2.08. The first-order valence-electron chi connectivity index (χ1n) is 7.28. The van der Waals surface area contributed by atoms with Crippen LogP contribution >= 0.6 is 0 Å². The monoisotopic (exact) mass is 260 g/mol. The fourth-order valence-electron chi connectivity index (χ4n) is 2.81. The first kappa shape index (κ1) is 12.9. The average Bonchev–Trinajstić information content (AvgIpc) is 2.48. The topological polar surface area (TPSA) is 0 Å². The molecule has 20 heavy (non-hydrogen) atoms. The van der Waals surface area contributed by atoms with Crippen LogP contribution in [0.15, 0.2) is 66.3 Å². The lowest BCUT2D eigenvalue weighted by Crippen LogP contribution is -1.92. The van der Waals surface area contributed by atoms with Crippen LogP contribution in [0.1, 0.15) is 30.9 Å². The molecule has 100 valence electrons. The molecule has 1 aliphatic rings. The Bertz CT molecular complexity index is 687. The van der Waals surface area contributed by atoms with E-state index in [-0.39, 0.29) is 0 Å². The Labute approximate surface area is 121 Å². The summed E-state index contributed by atoms with van der Waals surface area (Å²) < 4.78 is 0. The van der Waals surface area contributed by atoms with Crippen molar-refractivity contribution in [3.05, 3.63) is 77.4 Å². The summed E-state index contributed by atoms with van der Waals surface area (Å²) in [4.78, 5) is 0. The Balaban J connectivity index is 2.04. The van der Waals surface area contributed by atoms with Crippen LogP contribution in [0.3, 0.4) is 0 Å². The van der Waals surface area contributed by atoms with Gasteiger partial charge in [0.05, 0.1) is 0 Å². The van der Waals surface area contributed by atoms with Crippen LogP contribution in [0.4, 0.5) is 0 Å². The van der Waals surface area contributed by atoms with Gasteiger partial charge in [0, 0.05) is 0 Å². The van der Waals surface area contributed by atoms with Crippen LogP contribution in [-0.2, 0) is 0 Å². The predicted octanol–water partition coefficient (Wildman–Crippen LogP) is 5.79. The molecule has 2 aromatic carbocycles. The number of rotatable bonds is 2. The highest BCUT2D eigenvalue weighted by atomic mass is 14.1. The maximum atomic E-state index is 2.31. The largest absolute Gasteiger partial charge is 0.0836 e. The normalized spacial score (nSPS) is 14.7. The molecule has 0 heteroatoms. The van der Waals surface area contributed by atoms with Crippen molar-refractivity contribution in [2.75, 3.05) is 0 Å². The highest BCUT2D eigenvalue weighted by Crippen LogP contribution is 2.30. The average molecular weight is 260 g/mol. The Morgan fingerprint density at radius 1 is 0.800 bits per heavy atom. The fourth-order valence-corrected chi connectivity index (χ4v) is 2.81. The molecule has 0 saturated carbocycles. The molecule has 0 aliphatic heterocycles. The number of benzene rings is 2. The molecule has 0 fully saturated rings. The number of hydrogen-bond donors (Lipinski definition) is 0. The van der Waals surface area contributed by atoms with Gasteiger partial charge < -0.3 is 0 Å². The third kappa shape index (κ3) is 2.60. The van der Waals surface area contributed by atoms with Crippen molar-refractivity contribution in [1.29, 1.82) is 0 Å². The lowest BCUT2D eigenvalue weighted by molar-refractivity contribution is 0.967. The molecule has 0 heterocycles. The maximum Gasteiger partial charge on any atom is -0.0178 e. The summed E-state index contributed by atoms with van der Waals surface area (Å²) in [5, 5.41) is 0. The van der Waals surface area contributed by atoms with Gasteiger partial charge in [-0.15, -0.1) is 0 Å². The van der Waals surface area contributed by atoms with E-state index in [1.807, 2.05) is 0 Å². The van der Waals surface area contributed by atoms with Crippen LogP contribution in [0.25, 0.3) is 16.7 Å². The van der Waals surface area contributed by atoms with Crippen molar-refractivity contribution in [2.24, 2.45) is 0 Å². The minimum atomic E-state index is 1.17. The number of allylic oxidation sites excluding steroid dienone is 4. The molecule has 0 atom stereocenters. The SMILES string of the molecule is CC1=C(c2cccc(-c3cccc(C)c3)c2)C=CCC1. The third-order valence-electron chi connectivity index (χ3n) is 3.96. The van der Waals surface area contributed by atoms with Gasteiger partial charge in [0.15, 0.2) is 0 Å². The summed E-state index contributed by atoms with van der Waals surface area (Å²) in [7, 11) is 0. The summed E-state index contributed by atoms with van der Waals surface area (Å²) in [5.74, 6) is 0. The molecular weight excluding hydrogens is 240 g/mol. The van der Waals surface area contributed by atoms with Gasteiger partial charge in [-0.05, 0) is 55.0 Å². The summed E-state index contributed by atoms with van der Waals surface area (Å²) in [6.45, 7) is 4.39. The van der Waals surface area contributed by atoms with Crippen molar-refractivity contribution < 1.29 is 0 Å². The van der Waals surface area contributed by atoms with Crippen molar-refractivity contribution in [1.82, 2.24) is 0 Å².